The summed E-state index contributed by atoms with van der Waals surface area (Å²) in [5, 5.41) is 14.0. The number of methoxy groups -OCH3 is 1. The number of hydrogen-bond acceptors (Lipinski definition) is 7. The van der Waals surface area contributed by atoms with Gasteiger partial charge in [0.05, 0.1) is 19.0 Å². The number of esters is 1. The van der Waals surface area contributed by atoms with Crippen LogP contribution in [0, 0.1) is 0 Å². The Hall–Kier alpha value is -2.97. The Bertz CT molecular complexity index is 649. The third-order valence-electron chi connectivity index (χ3n) is 2.47. The van der Waals surface area contributed by atoms with Gasteiger partial charge in [0.15, 0.2) is 17.2 Å². The van der Waals surface area contributed by atoms with Gasteiger partial charge >= 0.3 is 5.97 Å². The summed E-state index contributed by atoms with van der Waals surface area (Å²) < 4.78 is 5.83. The number of nitrogen functional groups attached to an aromatic ring is 1. The maximum absolute atomic E-state index is 11.4. The second-order valence-electron chi connectivity index (χ2n) is 3.73. The second kappa shape index (κ2) is 5.34. The highest BCUT2D eigenvalue weighted by atomic mass is 16.5. The number of rotatable bonds is 3. The van der Waals surface area contributed by atoms with E-state index in [1.165, 1.54) is 37.2 Å². The first-order chi connectivity index (χ1) is 9.56. The van der Waals surface area contributed by atoms with Crippen LogP contribution in [0.5, 0.6) is 0 Å². The van der Waals surface area contributed by atoms with Crippen LogP contribution in [-0.2, 0) is 4.74 Å². The molecule has 104 valence electrons. The molecule has 0 saturated heterocycles. The van der Waals surface area contributed by atoms with E-state index in [1.807, 2.05) is 0 Å². The van der Waals surface area contributed by atoms with Gasteiger partial charge in [-0.3, -0.25) is 4.79 Å². The first kappa shape index (κ1) is 13.5. The summed E-state index contributed by atoms with van der Waals surface area (Å²) in [7, 11) is 2.73. The van der Waals surface area contributed by atoms with Gasteiger partial charge in [-0.05, 0) is 12.1 Å². The fourth-order valence-corrected chi connectivity index (χ4v) is 1.46. The third-order valence-corrected chi connectivity index (χ3v) is 2.47. The van der Waals surface area contributed by atoms with Crippen LogP contribution >= 0.6 is 0 Å². The summed E-state index contributed by atoms with van der Waals surface area (Å²) in [5.41, 5.74) is 5.98. The van der Waals surface area contributed by atoms with E-state index in [2.05, 4.69) is 25.3 Å². The van der Waals surface area contributed by atoms with Crippen LogP contribution in [-0.4, -0.2) is 46.0 Å². The Labute approximate surface area is 113 Å². The molecule has 0 unspecified atom stereocenters. The van der Waals surface area contributed by atoms with Crippen LogP contribution in [0.2, 0.25) is 0 Å². The molecule has 1 amide bonds. The normalized spacial score (nSPS) is 10.1. The maximum Gasteiger partial charge on any atom is 0.360 e. The molecule has 0 fully saturated rings. The molecule has 0 saturated carbocycles. The van der Waals surface area contributed by atoms with E-state index in [1.54, 1.807) is 0 Å². The Morgan fingerprint density at radius 1 is 1.35 bits per heavy atom. The highest BCUT2D eigenvalue weighted by Crippen LogP contribution is 2.13. The molecule has 0 aliphatic rings. The van der Waals surface area contributed by atoms with Gasteiger partial charge in [-0.1, -0.05) is 0 Å². The molecular formula is C11H12N6O3. The summed E-state index contributed by atoms with van der Waals surface area (Å²) in [6.07, 6.45) is 1.41. The number of ether oxygens (including phenoxy) is 1. The van der Waals surface area contributed by atoms with Crippen molar-refractivity contribution in [3.63, 3.8) is 0 Å². The first-order valence-corrected chi connectivity index (χ1v) is 5.56. The summed E-state index contributed by atoms with van der Waals surface area (Å²) >= 11 is 0. The fourth-order valence-electron chi connectivity index (χ4n) is 1.46. The molecule has 9 nitrogen and oxygen atoms in total. The monoisotopic (exact) mass is 276 g/mol. The molecule has 0 aliphatic carbocycles. The number of anilines is 1. The Kier molecular flexibility index (Phi) is 3.60. The second-order valence-corrected chi connectivity index (χ2v) is 3.73. The first-order valence-electron chi connectivity index (χ1n) is 5.56. The quantitative estimate of drug-likeness (QED) is 0.716. The molecule has 0 bridgehead atoms. The lowest BCUT2D eigenvalue weighted by atomic mass is 10.3. The van der Waals surface area contributed by atoms with E-state index < -0.39 is 5.97 Å². The van der Waals surface area contributed by atoms with Gasteiger partial charge in [0.25, 0.3) is 5.91 Å². The number of carbonyl (C=O) groups is 2. The molecule has 2 rings (SSSR count). The number of nitrogens with two attached hydrogens (primary N) is 1. The number of nitrogens with zero attached hydrogens (tertiary/aromatic N) is 4. The average Bonchev–Trinajstić information content (AvgIpc) is 2.87. The van der Waals surface area contributed by atoms with Crippen molar-refractivity contribution in [2.45, 2.75) is 0 Å². The van der Waals surface area contributed by atoms with Crippen LogP contribution in [0.3, 0.4) is 0 Å². The zero-order valence-electron chi connectivity index (χ0n) is 10.8. The van der Waals surface area contributed by atoms with Crippen molar-refractivity contribution in [3.05, 3.63) is 29.7 Å². The van der Waals surface area contributed by atoms with Crippen molar-refractivity contribution in [1.29, 1.82) is 0 Å². The standard InChI is InChI=1S/C11H12N6O3/c1-13-10(18)7-3-4-8(15-14-7)17-5-6(12)9(16-17)11(19)20-2/h3-5H,12H2,1-2H3,(H,13,18). The zero-order valence-corrected chi connectivity index (χ0v) is 10.8. The molecular weight excluding hydrogens is 264 g/mol. The largest absolute Gasteiger partial charge is 0.464 e. The predicted molar refractivity (Wildman–Crippen MR) is 68.3 cm³/mol. The minimum atomic E-state index is -0.642. The van der Waals surface area contributed by atoms with Gasteiger partial charge in [-0.25, -0.2) is 9.48 Å². The molecule has 2 aromatic rings. The van der Waals surface area contributed by atoms with Crippen LogP contribution in [0.4, 0.5) is 5.69 Å². The zero-order chi connectivity index (χ0) is 14.7. The molecule has 20 heavy (non-hydrogen) atoms. The molecule has 0 atom stereocenters. The van der Waals surface area contributed by atoms with Crippen molar-refractivity contribution in [2.24, 2.45) is 0 Å². The Morgan fingerprint density at radius 2 is 2.10 bits per heavy atom. The number of carbonyl (C=O) groups excluding carboxylic acids is 2. The summed E-state index contributed by atoms with van der Waals surface area (Å²) in [6.45, 7) is 0. The molecule has 0 spiro atoms. The van der Waals surface area contributed by atoms with Gasteiger partial charge in [-0.2, -0.15) is 5.10 Å². The topological polar surface area (TPSA) is 125 Å². The lowest BCUT2D eigenvalue weighted by Crippen LogP contribution is -2.20. The van der Waals surface area contributed by atoms with Gasteiger partial charge in [-0.15, -0.1) is 10.2 Å². The lowest BCUT2D eigenvalue weighted by Gasteiger charge is -2.00. The molecule has 3 N–H and O–H groups in total. The van der Waals surface area contributed by atoms with Gasteiger partial charge in [0.2, 0.25) is 0 Å². The van der Waals surface area contributed by atoms with E-state index in [0.717, 1.165) is 0 Å². The van der Waals surface area contributed by atoms with E-state index in [9.17, 15) is 9.59 Å². The van der Waals surface area contributed by atoms with E-state index in [0.29, 0.717) is 5.82 Å². The van der Waals surface area contributed by atoms with Crippen molar-refractivity contribution < 1.29 is 14.3 Å². The van der Waals surface area contributed by atoms with Crippen LogP contribution in [0.1, 0.15) is 21.0 Å². The van der Waals surface area contributed by atoms with Crippen LogP contribution in [0.25, 0.3) is 5.82 Å². The Balaban J connectivity index is 2.33. The van der Waals surface area contributed by atoms with E-state index in [4.69, 9.17) is 5.73 Å². The van der Waals surface area contributed by atoms with Crippen molar-refractivity contribution in [1.82, 2.24) is 25.3 Å². The number of nitrogens with one attached hydrogen (secondary N) is 1. The summed E-state index contributed by atoms with van der Waals surface area (Å²) in [5.74, 6) is -0.671. The number of aromatic nitrogens is 4. The minimum absolute atomic E-state index is 0.00956. The lowest BCUT2D eigenvalue weighted by molar-refractivity contribution is 0.0594. The van der Waals surface area contributed by atoms with Crippen molar-refractivity contribution in [3.8, 4) is 5.82 Å². The SMILES string of the molecule is CNC(=O)c1ccc(-n2cc(N)c(C(=O)OC)n2)nn1. The van der Waals surface area contributed by atoms with Gasteiger partial charge in [0.1, 0.15) is 0 Å². The Morgan fingerprint density at radius 3 is 2.65 bits per heavy atom. The van der Waals surface area contributed by atoms with E-state index >= 15 is 0 Å². The summed E-state index contributed by atoms with van der Waals surface area (Å²) in [6, 6.07) is 3.02. The van der Waals surface area contributed by atoms with Crippen molar-refractivity contribution >= 4 is 17.6 Å². The highest BCUT2D eigenvalue weighted by molar-refractivity contribution is 5.93. The van der Waals surface area contributed by atoms with Crippen LogP contribution < -0.4 is 11.1 Å². The smallest absolute Gasteiger partial charge is 0.360 e. The third kappa shape index (κ3) is 2.41. The minimum Gasteiger partial charge on any atom is -0.464 e. The van der Waals surface area contributed by atoms with E-state index in [-0.39, 0.29) is 23.0 Å². The van der Waals surface area contributed by atoms with Gasteiger partial charge < -0.3 is 15.8 Å². The average molecular weight is 276 g/mol. The molecule has 2 aromatic heterocycles. The molecule has 0 radical (unpaired) electrons. The maximum atomic E-state index is 11.4. The van der Waals surface area contributed by atoms with Crippen molar-refractivity contribution in [2.75, 3.05) is 19.9 Å². The molecule has 9 heteroatoms. The molecule has 0 aliphatic heterocycles. The summed E-state index contributed by atoms with van der Waals surface area (Å²) in [4.78, 5) is 22.7. The number of amides is 1. The van der Waals surface area contributed by atoms with Gasteiger partial charge in [0, 0.05) is 7.05 Å². The van der Waals surface area contributed by atoms with Crippen LogP contribution in [0.15, 0.2) is 18.3 Å². The molecule has 2 heterocycles. The highest BCUT2D eigenvalue weighted by Gasteiger charge is 2.16. The predicted octanol–water partition coefficient (Wildman–Crippen LogP) is -0.609. The fraction of sp³-hybridized carbons (Fsp3) is 0.182. The number of hydrogen-bond donors (Lipinski definition) is 2. The molecule has 0 aromatic carbocycles.